The number of ether oxygens (including phenoxy) is 3. The van der Waals surface area contributed by atoms with Crippen molar-refractivity contribution in [1.82, 2.24) is 4.90 Å². The molecule has 0 saturated carbocycles. The summed E-state index contributed by atoms with van der Waals surface area (Å²) in [6.45, 7) is 0.0494. The number of rotatable bonds is 7. The molecule has 1 aliphatic rings. The molecule has 0 spiro atoms. The quantitative estimate of drug-likeness (QED) is 0.307. The van der Waals surface area contributed by atoms with Gasteiger partial charge in [0, 0.05) is 11.1 Å². The van der Waals surface area contributed by atoms with Crippen LogP contribution in [0.15, 0.2) is 72.3 Å². The number of benzene rings is 3. The number of ketones is 1. The highest BCUT2D eigenvalue weighted by atomic mass is 19.1. The molecule has 1 heterocycles. The first-order chi connectivity index (χ1) is 16.9. The summed E-state index contributed by atoms with van der Waals surface area (Å²) >= 11 is 0. The van der Waals surface area contributed by atoms with Gasteiger partial charge >= 0.3 is 0 Å². The van der Waals surface area contributed by atoms with E-state index in [1.54, 1.807) is 42.5 Å². The van der Waals surface area contributed by atoms with Gasteiger partial charge in [0.05, 0.1) is 39.5 Å². The Hall–Kier alpha value is -4.33. The number of amides is 1. The van der Waals surface area contributed by atoms with Crippen LogP contribution in [0, 0.1) is 5.82 Å². The Morgan fingerprint density at radius 1 is 0.886 bits per heavy atom. The lowest BCUT2D eigenvalue weighted by atomic mass is 9.94. The molecule has 1 saturated heterocycles. The molecule has 1 atom stereocenters. The van der Waals surface area contributed by atoms with E-state index >= 15 is 0 Å². The maximum atomic E-state index is 13.5. The van der Waals surface area contributed by atoms with E-state index in [0.29, 0.717) is 28.4 Å². The lowest BCUT2D eigenvalue weighted by Crippen LogP contribution is -2.29. The fourth-order valence-corrected chi connectivity index (χ4v) is 4.19. The van der Waals surface area contributed by atoms with Crippen LogP contribution in [-0.2, 0) is 16.1 Å². The minimum absolute atomic E-state index is 0.0494. The first-order valence-electron chi connectivity index (χ1n) is 10.8. The number of carbonyl (C=O) groups is 2. The second-order valence-electron chi connectivity index (χ2n) is 7.86. The van der Waals surface area contributed by atoms with Gasteiger partial charge in [-0.15, -0.1) is 0 Å². The van der Waals surface area contributed by atoms with Crippen molar-refractivity contribution in [3.63, 3.8) is 0 Å². The van der Waals surface area contributed by atoms with Crippen molar-refractivity contribution in [2.75, 3.05) is 21.3 Å². The van der Waals surface area contributed by atoms with E-state index in [2.05, 4.69) is 0 Å². The van der Waals surface area contributed by atoms with E-state index in [4.69, 9.17) is 14.2 Å². The van der Waals surface area contributed by atoms with Gasteiger partial charge in [0.15, 0.2) is 11.5 Å². The lowest BCUT2D eigenvalue weighted by molar-refractivity contribution is -0.140. The molecule has 1 unspecified atom stereocenters. The summed E-state index contributed by atoms with van der Waals surface area (Å²) < 4.78 is 29.6. The number of aliphatic hydroxyl groups excluding tert-OH is 1. The van der Waals surface area contributed by atoms with Crippen molar-refractivity contribution in [2.45, 2.75) is 12.6 Å². The van der Waals surface area contributed by atoms with Gasteiger partial charge < -0.3 is 24.2 Å². The molecule has 7 nitrogen and oxygen atoms in total. The summed E-state index contributed by atoms with van der Waals surface area (Å²) in [4.78, 5) is 27.8. The Bertz CT molecular complexity index is 1300. The normalized spacial score (nSPS) is 16.9. The smallest absolute Gasteiger partial charge is 0.295 e. The standard InChI is InChI=1S/C27H24FNO6/c1-33-20-7-5-4-6-18(20)15-29-24(17-10-13-21(34-2)22(14-17)35-3)23(26(31)27(29)32)25(30)16-8-11-19(28)12-9-16/h4-14,24,30H,15H2,1-3H3/b25-23-. The summed E-state index contributed by atoms with van der Waals surface area (Å²) in [5.74, 6) is -1.09. The molecule has 3 aromatic rings. The number of hydrogen-bond donors (Lipinski definition) is 1. The average molecular weight is 477 g/mol. The van der Waals surface area contributed by atoms with Gasteiger partial charge in [0.2, 0.25) is 0 Å². The van der Waals surface area contributed by atoms with Gasteiger partial charge in [-0.3, -0.25) is 9.59 Å². The number of para-hydroxylation sites is 1. The molecule has 1 N–H and O–H groups in total. The lowest BCUT2D eigenvalue weighted by Gasteiger charge is -2.26. The van der Waals surface area contributed by atoms with Crippen LogP contribution in [0.5, 0.6) is 17.2 Å². The first-order valence-corrected chi connectivity index (χ1v) is 10.8. The Kier molecular flexibility index (Phi) is 6.73. The number of nitrogens with zero attached hydrogens (tertiary/aromatic N) is 1. The Morgan fingerprint density at radius 3 is 2.20 bits per heavy atom. The summed E-state index contributed by atoms with van der Waals surface area (Å²) in [6.07, 6.45) is 0. The molecule has 0 radical (unpaired) electrons. The van der Waals surface area contributed by atoms with Crippen LogP contribution in [0.1, 0.15) is 22.7 Å². The zero-order valence-electron chi connectivity index (χ0n) is 19.4. The number of halogens is 1. The third kappa shape index (κ3) is 4.42. The number of carbonyl (C=O) groups excluding carboxylic acids is 2. The predicted molar refractivity (Wildman–Crippen MR) is 127 cm³/mol. The minimum Gasteiger partial charge on any atom is -0.507 e. The highest BCUT2D eigenvalue weighted by molar-refractivity contribution is 6.46. The number of likely N-dealkylation sites (tertiary alicyclic amines) is 1. The van der Waals surface area contributed by atoms with E-state index in [9.17, 15) is 19.1 Å². The van der Waals surface area contributed by atoms with Gasteiger partial charge in [-0.25, -0.2) is 4.39 Å². The summed E-state index contributed by atoms with van der Waals surface area (Å²) in [5.41, 5.74) is 1.32. The molecule has 4 rings (SSSR count). The van der Waals surface area contributed by atoms with Crippen molar-refractivity contribution >= 4 is 17.4 Å². The minimum atomic E-state index is -0.940. The summed E-state index contributed by atoms with van der Waals surface area (Å²) in [6, 6.07) is 16.3. The molecule has 1 amide bonds. The predicted octanol–water partition coefficient (Wildman–Crippen LogP) is 4.47. The fourth-order valence-electron chi connectivity index (χ4n) is 4.19. The SMILES string of the molecule is COc1ccccc1CN1C(=O)C(=O)/C(=C(\O)c2ccc(F)cc2)C1c1ccc(OC)c(OC)c1. The van der Waals surface area contributed by atoms with Crippen molar-refractivity contribution in [2.24, 2.45) is 0 Å². The van der Waals surface area contributed by atoms with Crippen LogP contribution < -0.4 is 14.2 Å². The average Bonchev–Trinajstić information content (AvgIpc) is 3.13. The number of aliphatic hydroxyl groups is 1. The maximum Gasteiger partial charge on any atom is 0.295 e. The van der Waals surface area contributed by atoms with Crippen molar-refractivity contribution in [3.05, 3.63) is 94.8 Å². The van der Waals surface area contributed by atoms with Gasteiger partial charge in [-0.2, -0.15) is 0 Å². The molecule has 0 aromatic heterocycles. The highest BCUT2D eigenvalue weighted by Crippen LogP contribution is 2.43. The Morgan fingerprint density at radius 2 is 1.54 bits per heavy atom. The van der Waals surface area contributed by atoms with Crippen LogP contribution in [0.2, 0.25) is 0 Å². The van der Waals surface area contributed by atoms with Gasteiger partial charge in [-0.05, 0) is 48.0 Å². The molecule has 3 aromatic carbocycles. The van der Waals surface area contributed by atoms with E-state index in [1.807, 2.05) is 0 Å². The Balaban J connectivity index is 1.90. The molecular formula is C27H24FNO6. The summed E-state index contributed by atoms with van der Waals surface area (Å²) in [7, 11) is 4.50. The molecule has 1 fully saturated rings. The zero-order valence-corrected chi connectivity index (χ0v) is 19.4. The van der Waals surface area contributed by atoms with Gasteiger partial charge in [0.25, 0.3) is 11.7 Å². The first kappa shape index (κ1) is 23.8. The van der Waals surface area contributed by atoms with Crippen molar-refractivity contribution < 1.29 is 33.3 Å². The van der Waals surface area contributed by atoms with Crippen LogP contribution in [0.4, 0.5) is 4.39 Å². The van der Waals surface area contributed by atoms with E-state index < -0.39 is 29.3 Å². The van der Waals surface area contributed by atoms with Gasteiger partial charge in [-0.1, -0.05) is 24.3 Å². The molecule has 35 heavy (non-hydrogen) atoms. The third-order valence-corrected chi connectivity index (χ3v) is 5.91. The molecule has 180 valence electrons. The van der Waals surface area contributed by atoms with Crippen LogP contribution in [-0.4, -0.2) is 43.0 Å². The van der Waals surface area contributed by atoms with Crippen LogP contribution in [0.3, 0.4) is 0 Å². The maximum absolute atomic E-state index is 13.5. The highest BCUT2D eigenvalue weighted by Gasteiger charge is 2.46. The van der Waals surface area contributed by atoms with E-state index in [1.165, 1.54) is 50.5 Å². The van der Waals surface area contributed by atoms with E-state index in [-0.39, 0.29) is 17.7 Å². The Labute approximate surface area is 202 Å². The summed E-state index contributed by atoms with van der Waals surface area (Å²) in [5, 5.41) is 11.1. The zero-order chi connectivity index (χ0) is 25.1. The molecule has 0 aliphatic carbocycles. The number of Topliss-reactive ketones (excluding diaryl/α,β-unsaturated/α-hetero) is 1. The molecule has 1 aliphatic heterocycles. The largest absolute Gasteiger partial charge is 0.507 e. The fraction of sp³-hybridized carbons (Fsp3) is 0.185. The van der Waals surface area contributed by atoms with Crippen molar-refractivity contribution in [1.29, 1.82) is 0 Å². The second kappa shape index (κ2) is 9.89. The number of methoxy groups -OCH3 is 3. The van der Waals surface area contributed by atoms with Crippen LogP contribution >= 0.6 is 0 Å². The number of hydrogen-bond acceptors (Lipinski definition) is 6. The molecule has 8 heteroatoms. The monoisotopic (exact) mass is 477 g/mol. The van der Waals surface area contributed by atoms with E-state index in [0.717, 1.165) is 0 Å². The topological polar surface area (TPSA) is 85.3 Å². The van der Waals surface area contributed by atoms with Crippen molar-refractivity contribution in [3.8, 4) is 17.2 Å². The molecule has 0 bridgehead atoms. The molecular weight excluding hydrogens is 453 g/mol. The van der Waals surface area contributed by atoms with Gasteiger partial charge in [0.1, 0.15) is 17.3 Å². The third-order valence-electron chi connectivity index (χ3n) is 5.91. The van der Waals surface area contributed by atoms with Crippen LogP contribution in [0.25, 0.3) is 5.76 Å². The second-order valence-corrected chi connectivity index (χ2v) is 7.86.